The van der Waals surface area contributed by atoms with Gasteiger partial charge in [0.15, 0.2) is 0 Å². The molecule has 2 aromatic carbocycles. The van der Waals surface area contributed by atoms with Gasteiger partial charge in [-0.05, 0) is 72.9 Å². The maximum absolute atomic E-state index is 8.08. The van der Waals surface area contributed by atoms with Crippen LogP contribution in [0.1, 0.15) is 19.5 Å². The Balaban J connectivity index is 1.57. The van der Waals surface area contributed by atoms with Gasteiger partial charge in [0.2, 0.25) is 5.71 Å². The highest BCUT2D eigenvalue weighted by Gasteiger charge is 2.15. The highest BCUT2D eigenvalue weighted by molar-refractivity contribution is 6.08. The zero-order valence-corrected chi connectivity index (χ0v) is 16.3. The molecule has 0 radical (unpaired) electrons. The standard InChI is InChI=1S/C27H19N3O/c1-16-15-29-25(14-23(16)18-9-11-24-19(13-18)5-4-12-28-24)22-7-3-6-20-21-10-8-17(2)30-27(21)31-26(20)22/h3-15H,1-2H3/i1D3,2D3. The summed E-state index contributed by atoms with van der Waals surface area (Å²) in [6.07, 6.45) is 3.10. The van der Waals surface area contributed by atoms with Crippen molar-refractivity contribution in [2.45, 2.75) is 13.7 Å². The summed E-state index contributed by atoms with van der Waals surface area (Å²) in [7, 11) is 0. The lowest BCUT2D eigenvalue weighted by Crippen LogP contribution is -1.90. The molecule has 4 heterocycles. The van der Waals surface area contributed by atoms with E-state index in [0.29, 0.717) is 27.8 Å². The third kappa shape index (κ3) is 2.88. The van der Waals surface area contributed by atoms with Crippen LogP contribution < -0.4 is 0 Å². The van der Waals surface area contributed by atoms with E-state index in [4.69, 9.17) is 12.6 Å². The first kappa shape index (κ1) is 12.6. The first-order chi connectivity index (χ1) is 17.6. The van der Waals surface area contributed by atoms with E-state index in [1.165, 1.54) is 12.3 Å². The zero-order chi connectivity index (χ0) is 25.9. The second-order valence-corrected chi connectivity index (χ2v) is 7.36. The molecular weight excluding hydrogens is 382 g/mol. The van der Waals surface area contributed by atoms with Crippen LogP contribution >= 0.6 is 0 Å². The average Bonchev–Trinajstić information content (AvgIpc) is 3.25. The van der Waals surface area contributed by atoms with Crippen molar-refractivity contribution in [1.82, 2.24) is 15.0 Å². The van der Waals surface area contributed by atoms with E-state index >= 15 is 0 Å². The van der Waals surface area contributed by atoms with Crippen molar-refractivity contribution < 1.29 is 12.6 Å². The molecular formula is C27H19N3O. The number of nitrogens with zero attached hydrogens (tertiary/aromatic N) is 3. The molecule has 31 heavy (non-hydrogen) atoms. The van der Waals surface area contributed by atoms with Gasteiger partial charge >= 0.3 is 0 Å². The monoisotopic (exact) mass is 407 g/mol. The van der Waals surface area contributed by atoms with Gasteiger partial charge in [-0.1, -0.05) is 24.3 Å². The molecule has 0 bridgehead atoms. The van der Waals surface area contributed by atoms with Crippen LogP contribution in [0.3, 0.4) is 0 Å². The summed E-state index contributed by atoms with van der Waals surface area (Å²) < 4.78 is 53.3. The fourth-order valence-electron chi connectivity index (χ4n) is 3.97. The molecule has 4 nitrogen and oxygen atoms in total. The Morgan fingerprint density at radius 3 is 2.77 bits per heavy atom. The number of pyridine rings is 3. The van der Waals surface area contributed by atoms with E-state index in [9.17, 15) is 0 Å². The second kappa shape index (κ2) is 6.74. The molecule has 0 unspecified atom stereocenters. The average molecular weight is 408 g/mol. The van der Waals surface area contributed by atoms with E-state index in [2.05, 4.69) is 15.0 Å². The maximum Gasteiger partial charge on any atom is 0.227 e. The Morgan fingerprint density at radius 2 is 1.84 bits per heavy atom. The van der Waals surface area contributed by atoms with Gasteiger partial charge in [-0.15, -0.1) is 0 Å². The van der Waals surface area contributed by atoms with Crippen LogP contribution in [0.5, 0.6) is 0 Å². The molecule has 0 aliphatic rings. The Morgan fingerprint density at radius 1 is 0.839 bits per heavy atom. The summed E-state index contributed by atoms with van der Waals surface area (Å²) in [5, 5.41) is 2.34. The van der Waals surface area contributed by atoms with Gasteiger partial charge in [0.25, 0.3) is 0 Å². The van der Waals surface area contributed by atoms with Gasteiger partial charge < -0.3 is 4.42 Å². The van der Waals surface area contributed by atoms with E-state index in [1.807, 2.05) is 48.5 Å². The normalized spacial score (nSPS) is 15.2. The van der Waals surface area contributed by atoms with Crippen molar-refractivity contribution in [2.24, 2.45) is 0 Å². The number of aryl methyl sites for hydroxylation is 2. The predicted octanol–water partition coefficient (Wildman–Crippen LogP) is 6.88. The molecule has 0 saturated carbocycles. The number of aromatic nitrogens is 3. The van der Waals surface area contributed by atoms with Crippen LogP contribution in [0.4, 0.5) is 0 Å². The molecule has 0 saturated heterocycles. The smallest absolute Gasteiger partial charge is 0.227 e. The molecule has 0 atom stereocenters. The Bertz CT molecular complexity index is 1820. The summed E-state index contributed by atoms with van der Waals surface area (Å²) in [6.45, 7) is -4.72. The topological polar surface area (TPSA) is 51.8 Å². The van der Waals surface area contributed by atoms with Gasteiger partial charge in [0, 0.05) is 48.0 Å². The quantitative estimate of drug-likeness (QED) is 0.314. The van der Waals surface area contributed by atoms with Crippen LogP contribution in [0, 0.1) is 13.7 Å². The largest absolute Gasteiger partial charge is 0.437 e. The van der Waals surface area contributed by atoms with E-state index in [0.717, 1.165) is 21.9 Å². The summed E-state index contributed by atoms with van der Waals surface area (Å²) in [5.74, 6) is 0. The fourth-order valence-corrected chi connectivity index (χ4v) is 3.97. The van der Waals surface area contributed by atoms with Gasteiger partial charge in [-0.3, -0.25) is 9.97 Å². The third-order valence-electron chi connectivity index (χ3n) is 5.46. The molecule has 0 spiro atoms. The van der Waals surface area contributed by atoms with Crippen LogP contribution in [0.25, 0.3) is 55.4 Å². The molecule has 148 valence electrons. The van der Waals surface area contributed by atoms with Crippen LogP contribution in [-0.2, 0) is 0 Å². The van der Waals surface area contributed by atoms with Gasteiger partial charge in [0.1, 0.15) is 5.58 Å². The van der Waals surface area contributed by atoms with Crippen molar-refractivity contribution in [1.29, 1.82) is 0 Å². The van der Waals surface area contributed by atoms with Crippen molar-refractivity contribution in [3.63, 3.8) is 0 Å². The molecule has 0 amide bonds. The molecule has 6 aromatic rings. The lowest BCUT2D eigenvalue weighted by Gasteiger charge is -2.10. The van der Waals surface area contributed by atoms with Gasteiger partial charge in [-0.25, -0.2) is 4.98 Å². The number of hydrogen-bond donors (Lipinski definition) is 0. The highest BCUT2D eigenvalue weighted by Crippen LogP contribution is 2.36. The molecule has 0 aliphatic carbocycles. The maximum atomic E-state index is 8.08. The SMILES string of the molecule is [2H]C([2H])([2H])c1ccc2c(n1)oc1c(-c3cc(-c4ccc5ncccc5c4)c(C([2H])([2H])[2H])cn3)cccc12. The van der Waals surface area contributed by atoms with E-state index < -0.39 is 13.7 Å². The third-order valence-corrected chi connectivity index (χ3v) is 5.46. The Labute approximate surface area is 187 Å². The first-order valence-electron chi connectivity index (χ1n) is 12.8. The lowest BCUT2D eigenvalue weighted by molar-refractivity contribution is 0.653. The number of fused-ring (bicyclic) bond motifs is 4. The van der Waals surface area contributed by atoms with Crippen molar-refractivity contribution in [2.75, 3.05) is 0 Å². The minimum absolute atomic E-state index is 0.0474. The molecule has 0 aliphatic heterocycles. The zero-order valence-electron chi connectivity index (χ0n) is 22.3. The minimum Gasteiger partial charge on any atom is -0.437 e. The Kier molecular flexibility index (Phi) is 2.74. The van der Waals surface area contributed by atoms with Crippen LogP contribution in [0.15, 0.2) is 83.5 Å². The number of furan rings is 1. The van der Waals surface area contributed by atoms with Crippen LogP contribution in [0.2, 0.25) is 0 Å². The van der Waals surface area contributed by atoms with Crippen molar-refractivity contribution >= 4 is 33.0 Å². The Hall–Kier alpha value is -4.05. The van der Waals surface area contributed by atoms with Crippen LogP contribution in [-0.4, -0.2) is 15.0 Å². The van der Waals surface area contributed by atoms with Gasteiger partial charge in [0.05, 0.1) is 11.2 Å². The molecule has 0 fully saturated rings. The minimum atomic E-state index is -2.37. The molecule has 0 N–H and O–H groups in total. The second-order valence-electron chi connectivity index (χ2n) is 7.36. The van der Waals surface area contributed by atoms with Gasteiger partial charge in [-0.2, -0.15) is 0 Å². The summed E-state index contributed by atoms with van der Waals surface area (Å²) in [4.78, 5) is 13.1. The fraction of sp³-hybridized carbons (Fsp3) is 0.0741. The number of benzene rings is 2. The lowest BCUT2D eigenvalue weighted by atomic mass is 9.97. The predicted molar refractivity (Wildman–Crippen MR) is 125 cm³/mol. The van der Waals surface area contributed by atoms with Crippen molar-refractivity contribution in [3.8, 4) is 22.4 Å². The van der Waals surface area contributed by atoms with E-state index in [1.54, 1.807) is 18.3 Å². The number of hydrogen-bond acceptors (Lipinski definition) is 4. The summed E-state index contributed by atoms with van der Waals surface area (Å²) >= 11 is 0. The number of rotatable bonds is 2. The molecule has 4 aromatic heterocycles. The summed E-state index contributed by atoms with van der Waals surface area (Å²) in [5.41, 5.74) is 4.05. The first-order valence-corrected chi connectivity index (χ1v) is 9.78. The highest BCUT2D eigenvalue weighted by atomic mass is 16.3. The molecule has 4 heteroatoms. The number of para-hydroxylation sites is 1. The van der Waals surface area contributed by atoms with Crippen molar-refractivity contribution in [3.05, 3.63) is 90.4 Å². The molecule has 6 rings (SSSR count). The van der Waals surface area contributed by atoms with E-state index in [-0.39, 0.29) is 17.0 Å². The summed E-state index contributed by atoms with van der Waals surface area (Å²) in [6, 6.07) is 19.9.